The smallest absolute Gasteiger partial charge is 0.289 e. The molecule has 3 aromatic carbocycles. The maximum absolute atomic E-state index is 13.0. The van der Waals surface area contributed by atoms with Crippen LogP contribution in [-0.2, 0) is 0 Å². The number of benzene rings is 3. The summed E-state index contributed by atoms with van der Waals surface area (Å²) in [7, 11) is 0. The minimum Gasteiger partial charge on any atom is -0.353 e. The van der Waals surface area contributed by atoms with E-state index in [1.807, 2.05) is 24.3 Å². The molecule has 11 nitrogen and oxygen atoms in total. The zero-order valence-electron chi connectivity index (χ0n) is 19.0. The predicted molar refractivity (Wildman–Crippen MR) is 136 cm³/mol. The van der Waals surface area contributed by atoms with Crippen molar-refractivity contribution in [2.24, 2.45) is 5.10 Å². The minimum atomic E-state index is -0.639. The molecular formula is C26H18N6O5. The van der Waals surface area contributed by atoms with Crippen molar-refractivity contribution in [1.29, 1.82) is 0 Å². The number of fused-ring (bicyclic) bond motifs is 3. The first-order valence-corrected chi connectivity index (χ1v) is 11.0. The topological polar surface area (TPSA) is 163 Å². The Morgan fingerprint density at radius 2 is 1.70 bits per heavy atom. The van der Waals surface area contributed by atoms with Crippen molar-refractivity contribution in [3.8, 4) is 11.3 Å². The number of carbonyl (C=O) groups is 2. The maximum Gasteiger partial charge on any atom is 0.289 e. The van der Waals surface area contributed by atoms with Crippen molar-refractivity contribution in [3.05, 3.63) is 106 Å². The number of hydrogen-bond donors (Lipinski definition) is 4. The van der Waals surface area contributed by atoms with Crippen molar-refractivity contribution in [1.82, 2.24) is 20.9 Å². The molecule has 2 amide bonds. The fourth-order valence-electron chi connectivity index (χ4n) is 3.92. The quantitative estimate of drug-likeness (QED) is 0.120. The lowest BCUT2D eigenvalue weighted by Crippen LogP contribution is -2.19. The van der Waals surface area contributed by atoms with Crippen LogP contribution in [0.1, 0.15) is 26.4 Å². The number of pyridine rings is 1. The highest BCUT2D eigenvalue weighted by atomic mass is 16.6. The fourth-order valence-corrected chi connectivity index (χ4v) is 3.92. The number of hydrazone groups is 1. The van der Waals surface area contributed by atoms with Crippen molar-refractivity contribution in [3.63, 3.8) is 0 Å². The van der Waals surface area contributed by atoms with Gasteiger partial charge in [0.25, 0.3) is 17.5 Å². The number of hydroxylamine groups is 1. The summed E-state index contributed by atoms with van der Waals surface area (Å²) in [6.07, 6.45) is 1.40. The number of nitrogens with one attached hydrogen (secondary N) is 3. The predicted octanol–water partition coefficient (Wildman–Crippen LogP) is 4.17. The second-order valence-electron chi connectivity index (χ2n) is 8.02. The molecule has 4 N–H and O–H groups in total. The second-order valence-corrected chi connectivity index (χ2v) is 8.02. The summed E-state index contributed by atoms with van der Waals surface area (Å²) >= 11 is 0. The Hall–Kier alpha value is -5.42. The molecule has 5 rings (SSSR count). The number of aromatic nitrogens is 2. The van der Waals surface area contributed by atoms with Gasteiger partial charge in [-0.1, -0.05) is 30.3 Å². The number of nitrogens with zero attached hydrogens (tertiary/aromatic N) is 3. The summed E-state index contributed by atoms with van der Waals surface area (Å²) in [5.41, 5.74) is 7.57. The van der Waals surface area contributed by atoms with Crippen molar-refractivity contribution in [2.45, 2.75) is 0 Å². The van der Waals surface area contributed by atoms with E-state index in [0.29, 0.717) is 22.3 Å². The molecule has 0 aliphatic carbocycles. The number of nitro groups is 1. The van der Waals surface area contributed by atoms with Crippen molar-refractivity contribution >= 4 is 45.5 Å². The van der Waals surface area contributed by atoms with Gasteiger partial charge >= 0.3 is 0 Å². The Morgan fingerprint density at radius 3 is 2.41 bits per heavy atom. The normalized spacial score (nSPS) is 11.2. The number of hydrogen-bond acceptors (Lipinski definition) is 7. The Labute approximate surface area is 208 Å². The molecule has 0 aliphatic rings. The summed E-state index contributed by atoms with van der Waals surface area (Å²) in [4.78, 5) is 42.9. The summed E-state index contributed by atoms with van der Waals surface area (Å²) in [6.45, 7) is 0. The minimum absolute atomic E-state index is 0.0510. The molecule has 0 spiro atoms. The highest BCUT2D eigenvalue weighted by molar-refractivity contribution is 6.13. The zero-order chi connectivity index (χ0) is 25.9. The van der Waals surface area contributed by atoms with Gasteiger partial charge in [0.15, 0.2) is 0 Å². The van der Waals surface area contributed by atoms with Gasteiger partial charge in [-0.3, -0.25) is 24.9 Å². The third kappa shape index (κ3) is 4.61. The Morgan fingerprint density at radius 1 is 0.973 bits per heavy atom. The summed E-state index contributed by atoms with van der Waals surface area (Å²) in [5, 5.41) is 25.4. The first-order chi connectivity index (χ1) is 17.9. The van der Waals surface area contributed by atoms with Crippen LogP contribution in [0.25, 0.3) is 33.1 Å². The van der Waals surface area contributed by atoms with Gasteiger partial charge < -0.3 is 4.98 Å². The molecule has 0 aliphatic heterocycles. The maximum atomic E-state index is 13.0. The number of nitro benzene ring substituents is 1. The number of aromatic amines is 1. The number of carbonyl (C=O) groups excluding carboxylic acids is 2. The first kappa shape index (κ1) is 23.3. The monoisotopic (exact) mass is 494 g/mol. The van der Waals surface area contributed by atoms with E-state index in [0.717, 1.165) is 16.3 Å². The average Bonchev–Trinajstić information content (AvgIpc) is 3.31. The molecule has 5 aromatic rings. The van der Waals surface area contributed by atoms with Crippen LogP contribution in [0.2, 0.25) is 0 Å². The van der Waals surface area contributed by atoms with Gasteiger partial charge in [-0.05, 0) is 42.0 Å². The molecule has 11 heteroatoms. The molecular weight excluding hydrogens is 476 g/mol. The van der Waals surface area contributed by atoms with E-state index in [1.54, 1.807) is 35.8 Å². The van der Waals surface area contributed by atoms with Crippen LogP contribution >= 0.6 is 0 Å². The molecule has 0 bridgehead atoms. The van der Waals surface area contributed by atoms with Crippen molar-refractivity contribution in [2.75, 3.05) is 0 Å². The number of non-ortho nitro benzene ring substituents is 1. The van der Waals surface area contributed by atoms with Crippen molar-refractivity contribution < 1.29 is 19.7 Å². The van der Waals surface area contributed by atoms with Crippen LogP contribution in [0.5, 0.6) is 0 Å². The Kier molecular flexibility index (Phi) is 6.10. The molecule has 0 radical (unpaired) electrons. The standard InChI is InChI=1S/C26H18N6O5/c33-25(31-35)17-7-5-15(6-8-17)14-27-30-26(34)22-13-20-19-3-1-2-4-21(19)28-24(20)23(29-22)16-9-11-18(12-10-16)32(36)37/h1-14,28,35H,(H,30,34)(H,31,33)/b27-14+. The zero-order valence-corrected chi connectivity index (χ0v) is 19.0. The molecule has 2 aromatic heterocycles. The summed E-state index contributed by atoms with van der Waals surface area (Å²) in [5.74, 6) is -1.19. The third-order valence-electron chi connectivity index (χ3n) is 5.73. The van der Waals surface area contributed by atoms with Gasteiger partial charge in [0.1, 0.15) is 5.69 Å². The van der Waals surface area contributed by atoms with Gasteiger partial charge in [-0.15, -0.1) is 0 Å². The van der Waals surface area contributed by atoms with Gasteiger partial charge in [0, 0.05) is 39.5 Å². The average molecular weight is 494 g/mol. The van der Waals surface area contributed by atoms with Gasteiger partial charge in [0.2, 0.25) is 0 Å². The van der Waals surface area contributed by atoms with E-state index in [1.165, 1.54) is 30.5 Å². The largest absolute Gasteiger partial charge is 0.353 e. The molecule has 0 atom stereocenters. The molecule has 0 saturated carbocycles. The number of para-hydroxylation sites is 1. The molecule has 2 heterocycles. The molecule has 0 fully saturated rings. The lowest BCUT2D eigenvalue weighted by atomic mass is 10.1. The fraction of sp³-hybridized carbons (Fsp3) is 0. The second kappa shape index (κ2) is 9.68. The van der Waals surface area contributed by atoms with E-state index in [9.17, 15) is 19.7 Å². The number of H-pyrrole nitrogens is 1. The first-order valence-electron chi connectivity index (χ1n) is 11.0. The van der Waals surface area contributed by atoms with Crippen LogP contribution < -0.4 is 10.9 Å². The van der Waals surface area contributed by atoms with Gasteiger partial charge in [-0.25, -0.2) is 15.9 Å². The number of amides is 2. The molecule has 37 heavy (non-hydrogen) atoms. The highest BCUT2D eigenvalue weighted by Crippen LogP contribution is 2.33. The molecule has 0 unspecified atom stereocenters. The van der Waals surface area contributed by atoms with Crippen LogP contribution in [0.3, 0.4) is 0 Å². The van der Waals surface area contributed by atoms with E-state index in [-0.39, 0.29) is 16.9 Å². The number of rotatable bonds is 6. The van der Waals surface area contributed by atoms with E-state index >= 15 is 0 Å². The van der Waals surface area contributed by atoms with Crippen LogP contribution in [0.4, 0.5) is 5.69 Å². The lowest BCUT2D eigenvalue weighted by molar-refractivity contribution is -0.384. The highest BCUT2D eigenvalue weighted by Gasteiger charge is 2.17. The molecule has 182 valence electrons. The van der Waals surface area contributed by atoms with Crippen LogP contribution in [-0.4, -0.2) is 38.1 Å². The Bertz CT molecular complexity index is 1690. The van der Waals surface area contributed by atoms with Gasteiger partial charge in [0.05, 0.1) is 22.3 Å². The van der Waals surface area contributed by atoms with Crippen LogP contribution in [0, 0.1) is 10.1 Å². The van der Waals surface area contributed by atoms with Gasteiger partial charge in [-0.2, -0.15) is 5.10 Å². The lowest BCUT2D eigenvalue weighted by Gasteiger charge is -2.07. The summed E-state index contributed by atoms with van der Waals surface area (Å²) in [6, 6.07) is 21.4. The Balaban J connectivity index is 1.49. The summed E-state index contributed by atoms with van der Waals surface area (Å²) < 4.78 is 0. The molecule has 0 saturated heterocycles. The SMILES string of the molecule is O=C(NO)c1ccc(/C=N/NC(=O)c2cc3c([nH]c4ccccc43)c(-c3ccc([N+](=O)[O-])cc3)n2)cc1. The van der Waals surface area contributed by atoms with E-state index in [2.05, 4.69) is 20.5 Å². The third-order valence-corrected chi connectivity index (χ3v) is 5.73. The van der Waals surface area contributed by atoms with E-state index < -0.39 is 16.7 Å². The van der Waals surface area contributed by atoms with E-state index in [4.69, 9.17) is 5.21 Å². The van der Waals surface area contributed by atoms with Crippen LogP contribution in [0.15, 0.2) is 84.0 Å².